The van der Waals surface area contributed by atoms with Crippen molar-refractivity contribution in [3.8, 4) is 0 Å². The second-order valence-corrected chi connectivity index (χ2v) is 7.83. The lowest BCUT2D eigenvalue weighted by Gasteiger charge is -2.36. The number of anilines is 1. The van der Waals surface area contributed by atoms with Gasteiger partial charge in [0.15, 0.2) is 0 Å². The van der Waals surface area contributed by atoms with Crippen LogP contribution in [-0.2, 0) is 4.74 Å². The maximum Gasteiger partial charge on any atom is 0.257 e. The average molecular weight is 412 g/mol. The molecule has 2 saturated heterocycles. The van der Waals surface area contributed by atoms with Gasteiger partial charge in [0.1, 0.15) is 17.3 Å². The van der Waals surface area contributed by atoms with Crippen LogP contribution in [0.25, 0.3) is 0 Å². The predicted molar refractivity (Wildman–Crippen MR) is 112 cm³/mol. The second kappa shape index (κ2) is 8.87. The summed E-state index contributed by atoms with van der Waals surface area (Å²) in [5.74, 6) is 1.89. The number of aromatic nitrogens is 1. The van der Waals surface area contributed by atoms with Crippen LogP contribution in [0.4, 0.5) is 5.82 Å². The van der Waals surface area contributed by atoms with E-state index in [9.17, 15) is 9.59 Å². The SMILES string of the molecule is Cc1cc(C(=O)N2CCN(c3ncccc3C(=O)NCC3CCCO3)CC2)c(C)o1. The van der Waals surface area contributed by atoms with E-state index in [1.807, 2.05) is 18.7 Å². The fourth-order valence-electron chi connectivity index (χ4n) is 4.07. The molecule has 8 nitrogen and oxygen atoms in total. The van der Waals surface area contributed by atoms with Crippen LogP contribution in [0.5, 0.6) is 0 Å². The molecule has 0 radical (unpaired) electrons. The van der Waals surface area contributed by atoms with E-state index in [0.29, 0.717) is 55.4 Å². The lowest BCUT2D eigenvalue weighted by atomic mass is 10.1. The molecule has 0 aromatic carbocycles. The summed E-state index contributed by atoms with van der Waals surface area (Å²) >= 11 is 0. The zero-order valence-electron chi connectivity index (χ0n) is 17.5. The van der Waals surface area contributed by atoms with E-state index in [4.69, 9.17) is 9.15 Å². The minimum absolute atomic E-state index is 0.0143. The van der Waals surface area contributed by atoms with E-state index < -0.39 is 0 Å². The molecule has 1 unspecified atom stereocenters. The first kappa shape index (κ1) is 20.4. The van der Waals surface area contributed by atoms with Gasteiger partial charge in [-0.15, -0.1) is 0 Å². The molecule has 0 aliphatic carbocycles. The third-order valence-electron chi connectivity index (χ3n) is 5.68. The van der Waals surface area contributed by atoms with Gasteiger partial charge >= 0.3 is 0 Å². The van der Waals surface area contributed by atoms with Crippen molar-refractivity contribution < 1.29 is 18.7 Å². The number of carbonyl (C=O) groups excluding carboxylic acids is 2. The average Bonchev–Trinajstić information content (AvgIpc) is 3.40. The molecule has 160 valence electrons. The first-order valence-corrected chi connectivity index (χ1v) is 10.5. The topological polar surface area (TPSA) is 87.9 Å². The molecule has 1 N–H and O–H groups in total. The molecule has 8 heteroatoms. The summed E-state index contributed by atoms with van der Waals surface area (Å²) in [6.07, 6.45) is 3.81. The Balaban J connectivity index is 1.39. The van der Waals surface area contributed by atoms with Gasteiger partial charge in [0, 0.05) is 45.5 Å². The van der Waals surface area contributed by atoms with Crippen molar-refractivity contribution in [1.29, 1.82) is 0 Å². The Bertz CT molecular complexity index is 912. The number of aryl methyl sites for hydroxylation is 2. The zero-order chi connectivity index (χ0) is 21.1. The monoisotopic (exact) mass is 412 g/mol. The van der Waals surface area contributed by atoms with Gasteiger partial charge in [0.05, 0.1) is 17.2 Å². The van der Waals surface area contributed by atoms with Crippen LogP contribution < -0.4 is 10.2 Å². The number of nitrogens with zero attached hydrogens (tertiary/aromatic N) is 3. The molecule has 2 fully saturated rings. The van der Waals surface area contributed by atoms with Crippen molar-refractivity contribution in [3.05, 3.63) is 47.0 Å². The number of rotatable bonds is 5. The Kier molecular flexibility index (Phi) is 6.03. The molecule has 4 heterocycles. The van der Waals surface area contributed by atoms with Gasteiger partial charge in [-0.2, -0.15) is 0 Å². The summed E-state index contributed by atoms with van der Waals surface area (Å²) in [7, 11) is 0. The predicted octanol–water partition coefficient (Wildman–Crippen LogP) is 2.16. The summed E-state index contributed by atoms with van der Waals surface area (Å²) in [5.41, 5.74) is 1.17. The van der Waals surface area contributed by atoms with Gasteiger partial charge in [-0.05, 0) is 44.9 Å². The molecule has 2 aromatic heterocycles. The van der Waals surface area contributed by atoms with Crippen molar-refractivity contribution in [1.82, 2.24) is 15.2 Å². The summed E-state index contributed by atoms with van der Waals surface area (Å²) in [6.45, 7) is 7.29. The minimum atomic E-state index is -0.142. The van der Waals surface area contributed by atoms with Gasteiger partial charge in [0.2, 0.25) is 0 Å². The number of carbonyl (C=O) groups is 2. The van der Waals surface area contributed by atoms with Crippen LogP contribution in [-0.4, -0.2) is 67.1 Å². The van der Waals surface area contributed by atoms with Crippen LogP contribution in [0, 0.1) is 13.8 Å². The van der Waals surface area contributed by atoms with Crippen molar-refractivity contribution in [2.75, 3.05) is 44.2 Å². The van der Waals surface area contributed by atoms with Crippen LogP contribution in [0.1, 0.15) is 45.1 Å². The maximum absolute atomic E-state index is 12.8. The van der Waals surface area contributed by atoms with Crippen LogP contribution >= 0.6 is 0 Å². The van der Waals surface area contributed by atoms with E-state index in [2.05, 4.69) is 15.2 Å². The maximum atomic E-state index is 12.8. The van der Waals surface area contributed by atoms with Crippen LogP contribution in [0.2, 0.25) is 0 Å². The number of furan rings is 1. The van der Waals surface area contributed by atoms with Gasteiger partial charge < -0.3 is 24.3 Å². The van der Waals surface area contributed by atoms with Crippen molar-refractivity contribution in [2.45, 2.75) is 32.8 Å². The first-order chi connectivity index (χ1) is 14.5. The number of hydrogen-bond acceptors (Lipinski definition) is 6. The molecule has 2 amide bonds. The first-order valence-electron chi connectivity index (χ1n) is 10.5. The molecule has 1 atom stereocenters. The fourth-order valence-corrected chi connectivity index (χ4v) is 4.07. The highest BCUT2D eigenvalue weighted by Crippen LogP contribution is 2.22. The molecular formula is C22H28N4O4. The van der Waals surface area contributed by atoms with Crippen LogP contribution in [0.3, 0.4) is 0 Å². The lowest BCUT2D eigenvalue weighted by Crippen LogP contribution is -2.49. The van der Waals surface area contributed by atoms with E-state index in [0.717, 1.165) is 25.2 Å². The lowest BCUT2D eigenvalue weighted by molar-refractivity contribution is 0.0743. The number of amides is 2. The quantitative estimate of drug-likeness (QED) is 0.810. The second-order valence-electron chi connectivity index (χ2n) is 7.83. The third-order valence-corrected chi connectivity index (χ3v) is 5.68. The highest BCUT2D eigenvalue weighted by Gasteiger charge is 2.27. The Morgan fingerprint density at radius 1 is 1.20 bits per heavy atom. The van der Waals surface area contributed by atoms with Gasteiger partial charge in [-0.3, -0.25) is 9.59 Å². The molecule has 30 heavy (non-hydrogen) atoms. The van der Waals surface area contributed by atoms with Gasteiger partial charge in [-0.25, -0.2) is 4.98 Å². The van der Waals surface area contributed by atoms with Crippen molar-refractivity contribution in [2.24, 2.45) is 0 Å². The van der Waals surface area contributed by atoms with E-state index in [-0.39, 0.29) is 17.9 Å². The largest absolute Gasteiger partial charge is 0.466 e. The molecule has 4 rings (SSSR count). The molecule has 0 spiro atoms. The van der Waals surface area contributed by atoms with Gasteiger partial charge in [-0.1, -0.05) is 0 Å². The number of ether oxygens (including phenoxy) is 1. The fraction of sp³-hybridized carbons (Fsp3) is 0.500. The zero-order valence-corrected chi connectivity index (χ0v) is 17.5. The smallest absolute Gasteiger partial charge is 0.257 e. The number of pyridine rings is 1. The number of hydrogen-bond donors (Lipinski definition) is 1. The van der Waals surface area contributed by atoms with Gasteiger partial charge in [0.25, 0.3) is 11.8 Å². The summed E-state index contributed by atoms with van der Waals surface area (Å²) in [4.78, 5) is 33.9. The molecule has 2 aliphatic heterocycles. The summed E-state index contributed by atoms with van der Waals surface area (Å²) < 4.78 is 11.1. The number of nitrogens with one attached hydrogen (secondary N) is 1. The Labute approximate surface area is 176 Å². The minimum Gasteiger partial charge on any atom is -0.466 e. The standard InChI is InChI=1S/C22H28N4O4/c1-15-13-19(16(2)30-15)22(28)26-10-8-25(9-11-26)20-18(6-3-7-23-20)21(27)24-14-17-5-4-12-29-17/h3,6-7,13,17H,4-5,8-12,14H2,1-2H3,(H,24,27). The number of piperazine rings is 1. The molecule has 2 aromatic rings. The molecule has 2 aliphatic rings. The summed E-state index contributed by atoms with van der Waals surface area (Å²) in [6, 6.07) is 5.36. The van der Waals surface area contributed by atoms with E-state index in [1.54, 1.807) is 24.4 Å². The highest BCUT2D eigenvalue weighted by molar-refractivity contribution is 5.99. The van der Waals surface area contributed by atoms with Crippen molar-refractivity contribution >= 4 is 17.6 Å². The van der Waals surface area contributed by atoms with E-state index >= 15 is 0 Å². The Morgan fingerprint density at radius 2 is 2.00 bits per heavy atom. The third kappa shape index (κ3) is 4.33. The van der Waals surface area contributed by atoms with Crippen molar-refractivity contribution in [3.63, 3.8) is 0 Å². The molecule has 0 bridgehead atoms. The highest BCUT2D eigenvalue weighted by atomic mass is 16.5. The molecular weight excluding hydrogens is 384 g/mol. The summed E-state index contributed by atoms with van der Waals surface area (Å²) in [5, 5.41) is 2.97. The molecule has 0 saturated carbocycles. The Morgan fingerprint density at radius 3 is 2.67 bits per heavy atom. The van der Waals surface area contributed by atoms with E-state index in [1.165, 1.54) is 0 Å². The normalized spacial score (nSPS) is 19.2. The van der Waals surface area contributed by atoms with Crippen LogP contribution in [0.15, 0.2) is 28.8 Å². The Hall–Kier alpha value is -2.87.